The number of nitrogens with zero attached hydrogens (tertiary/aromatic N) is 2. The Balaban J connectivity index is 1.92. The summed E-state index contributed by atoms with van der Waals surface area (Å²) in [5, 5.41) is 12.4. The lowest BCUT2D eigenvalue weighted by atomic mass is 10.1. The largest absolute Gasteiger partial charge is 0.481 e. The van der Waals surface area contributed by atoms with Crippen LogP contribution in [-0.4, -0.2) is 47.3 Å². The van der Waals surface area contributed by atoms with E-state index in [9.17, 15) is 13.2 Å². The molecule has 1 aromatic rings. The second-order valence-electron chi connectivity index (χ2n) is 4.66. The lowest BCUT2D eigenvalue weighted by molar-refractivity contribution is -0.137. The highest BCUT2D eigenvalue weighted by atomic mass is 32.2. The van der Waals surface area contributed by atoms with Crippen LogP contribution in [0.1, 0.15) is 12.8 Å². The summed E-state index contributed by atoms with van der Waals surface area (Å²) in [6, 6.07) is 0. The molecule has 0 radical (unpaired) electrons. The zero-order valence-electron chi connectivity index (χ0n) is 10.9. The number of sulfonamides is 1. The van der Waals surface area contributed by atoms with Crippen LogP contribution in [0.2, 0.25) is 0 Å². The Morgan fingerprint density at radius 2 is 2.40 bits per heavy atom. The first-order chi connectivity index (χ1) is 9.47. The number of rotatable bonds is 7. The summed E-state index contributed by atoms with van der Waals surface area (Å²) in [5.74, 6) is 1.51. The van der Waals surface area contributed by atoms with Crippen molar-refractivity contribution in [3.63, 3.8) is 0 Å². The first kappa shape index (κ1) is 15.3. The molecule has 1 saturated heterocycles. The zero-order valence-corrected chi connectivity index (χ0v) is 12.5. The van der Waals surface area contributed by atoms with Crippen molar-refractivity contribution in [1.29, 1.82) is 0 Å². The SMILES string of the molecule is O=C(O)CCn1cc(S(=O)(=O)NCC2CCSC2)cn1. The maximum Gasteiger partial charge on any atom is 0.305 e. The number of carboxylic acids is 1. The summed E-state index contributed by atoms with van der Waals surface area (Å²) in [6.07, 6.45) is 3.54. The van der Waals surface area contributed by atoms with Crippen molar-refractivity contribution < 1.29 is 18.3 Å². The van der Waals surface area contributed by atoms with E-state index in [2.05, 4.69) is 9.82 Å². The number of hydrogen-bond donors (Lipinski definition) is 2. The predicted molar refractivity (Wildman–Crippen MR) is 75.1 cm³/mol. The highest BCUT2D eigenvalue weighted by molar-refractivity contribution is 7.99. The lowest BCUT2D eigenvalue weighted by Gasteiger charge is -2.09. The number of aromatic nitrogens is 2. The van der Waals surface area contributed by atoms with Crippen LogP contribution in [0.4, 0.5) is 0 Å². The zero-order chi connectivity index (χ0) is 14.6. The molecule has 112 valence electrons. The molecule has 1 aromatic heterocycles. The number of carboxylic acid groups (broad SMARTS) is 1. The molecule has 1 aliphatic rings. The first-order valence-corrected chi connectivity index (χ1v) is 8.93. The van der Waals surface area contributed by atoms with Gasteiger partial charge < -0.3 is 5.11 Å². The molecule has 1 aliphatic heterocycles. The molecule has 20 heavy (non-hydrogen) atoms. The van der Waals surface area contributed by atoms with E-state index in [-0.39, 0.29) is 17.9 Å². The van der Waals surface area contributed by atoms with Crippen molar-refractivity contribution in [2.45, 2.75) is 24.3 Å². The Labute approximate surface area is 121 Å². The lowest BCUT2D eigenvalue weighted by Crippen LogP contribution is -2.29. The molecule has 2 heterocycles. The van der Waals surface area contributed by atoms with E-state index in [1.807, 2.05) is 11.8 Å². The average molecular weight is 319 g/mol. The van der Waals surface area contributed by atoms with E-state index in [1.54, 1.807) is 0 Å². The quantitative estimate of drug-likeness (QED) is 0.754. The molecule has 1 unspecified atom stereocenters. The van der Waals surface area contributed by atoms with Gasteiger partial charge >= 0.3 is 5.97 Å². The molecule has 7 nitrogen and oxygen atoms in total. The molecular formula is C11H17N3O4S2. The third-order valence-electron chi connectivity index (χ3n) is 3.06. The molecule has 2 N–H and O–H groups in total. The highest BCUT2D eigenvalue weighted by Crippen LogP contribution is 2.23. The van der Waals surface area contributed by atoms with Crippen LogP contribution in [0.15, 0.2) is 17.3 Å². The molecule has 1 fully saturated rings. The van der Waals surface area contributed by atoms with Crippen molar-refractivity contribution in [3.05, 3.63) is 12.4 Å². The third-order valence-corrected chi connectivity index (χ3v) is 5.67. The molecule has 0 aromatic carbocycles. The molecule has 2 rings (SSSR count). The van der Waals surface area contributed by atoms with E-state index in [0.29, 0.717) is 12.5 Å². The summed E-state index contributed by atoms with van der Waals surface area (Å²) >= 11 is 1.84. The standard InChI is InChI=1S/C11H17N3O4S2/c15-11(16)1-3-14-7-10(6-12-14)20(17,18)13-5-9-2-4-19-8-9/h6-7,9,13H,1-5,8H2,(H,15,16). The van der Waals surface area contributed by atoms with Gasteiger partial charge in [0.1, 0.15) is 4.90 Å². The molecule has 9 heteroatoms. The molecule has 0 amide bonds. The van der Waals surface area contributed by atoms with Crippen molar-refractivity contribution in [1.82, 2.24) is 14.5 Å². The van der Waals surface area contributed by atoms with Crippen molar-refractivity contribution in [3.8, 4) is 0 Å². The maximum absolute atomic E-state index is 12.1. The second kappa shape index (κ2) is 6.59. The van der Waals surface area contributed by atoms with E-state index in [0.717, 1.165) is 17.9 Å². The molecule has 0 aliphatic carbocycles. The predicted octanol–water partition coefficient (Wildman–Crippen LogP) is 0.389. The van der Waals surface area contributed by atoms with Crippen LogP contribution in [-0.2, 0) is 21.4 Å². The number of thioether (sulfide) groups is 1. The Morgan fingerprint density at radius 1 is 1.60 bits per heavy atom. The maximum atomic E-state index is 12.1. The van der Waals surface area contributed by atoms with Gasteiger partial charge in [0, 0.05) is 12.7 Å². The van der Waals surface area contributed by atoms with Crippen LogP contribution >= 0.6 is 11.8 Å². The van der Waals surface area contributed by atoms with Crippen LogP contribution in [0.25, 0.3) is 0 Å². The van der Waals surface area contributed by atoms with Crippen LogP contribution in [0, 0.1) is 5.92 Å². The summed E-state index contributed by atoms with van der Waals surface area (Å²) in [4.78, 5) is 10.5. The first-order valence-electron chi connectivity index (χ1n) is 6.29. The van der Waals surface area contributed by atoms with E-state index < -0.39 is 16.0 Å². The Hall–Kier alpha value is -1.06. The smallest absolute Gasteiger partial charge is 0.305 e. The molecule has 0 saturated carbocycles. The van der Waals surface area contributed by atoms with Gasteiger partial charge in [0.05, 0.1) is 19.2 Å². The van der Waals surface area contributed by atoms with Crippen molar-refractivity contribution >= 4 is 27.8 Å². The van der Waals surface area contributed by atoms with Gasteiger partial charge in [-0.25, -0.2) is 13.1 Å². The fourth-order valence-corrected chi connectivity index (χ4v) is 4.22. The molecule has 1 atom stereocenters. The topological polar surface area (TPSA) is 101 Å². The van der Waals surface area contributed by atoms with Gasteiger partial charge in [-0.3, -0.25) is 9.48 Å². The van der Waals surface area contributed by atoms with Gasteiger partial charge in [-0.2, -0.15) is 16.9 Å². The van der Waals surface area contributed by atoms with Crippen LogP contribution in [0.3, 0.4) is 0 Å². The van der Waals surface area contributed by atoms with Gasteiger partial charge in [-0.05, 0) is 23.8 Å². The number of carbonyl (C=O) groups is 1. The highest BCUT2D eigenvalue weighted by Gasteiger charge is 2.21. The van der Waals surface area contributed by atoms with Crippen LogP contribution < -0.4 is 4.72 Å². The average Bonchev–Trinajstić information content (AvgIpc) is 3.05. The summed E-state index contributed by atoms with van der Waals surface area (Å²) in [6.45, 7) is 0.597. The van der Waals surface area contributed by atoms with Gasteiger partial charge in [0.2, 0.25) is 10.0 Å². The number of hydrogen-bond acceptors (Lipinski definition) is 5. The minimum atomic E-state index is -3.56. The number of aryl methyl sites for hydroxylation is 1. The Kier molecular flexibility index (Phi) is 5.06. The Morgan fingerprint density at radius 3 is 3.05 bits per heavy atom. The van der Waals surface area contributed by atoms with E-state index in [4.69, 9.17) is 5.11 Å². The van der Waals surface area contributed by atoms with E-state index in [1.165, 1.54) is 17.1 Å². The van der Waals surface area contributed by atoms with Crippen LogP contribution in [0.5, 0.6) is 0 Å². The minimum absolute atomic E-state index is 0.0774. The Bertz CT molecular complexity index is 564. The van der Waals surface area contributed by atoms with Gasteiger partial charge in [-0.1, -0.05) is 0 Å². The van der Waals surface area contributed by atoms with Crippen molar-refractivity contribution in [2.75, 3.05) is 18.1 Å². The second-order valence-corrected chi connectivity index (χ2v) is 7.58. The summed E-state index contributed by atoms with van der Waals surface area (Å²) in [5.41, 5.74) is 0. The van der Waals surface area contributed by atoms with Gasteiger partial charge in [0.25, 0.3) is 0 Å². The van der Waals surface area contributed by atoms with E-state index >= 15 is 0 Å². The molecule has 0 spiro atoms. The normalized spacial score (nSPS) is 19.3. The van der Waals surface area contributed by atoms with Gasteiger partial charge in [-0.15, -0.1) is 0 Å². The molecular weight excluding hydrogens is 302 g/mol. The summed E-state index contributed by atoms with van der Waals surface area (Å²) in [7, 11) is -3.56. The van der Waals surface area contributed by atoms with Crippen molar-refractivity contribution in [2.24, 2.45) is 5.92 Å². The number of aliphatic carboxylic acids is 1. The minimum Gasteiger partial charge on any atom is -0.481 e. The molecule has 0 bridgehead atoms. The fraction of sp³-hybridized carbons (Fsp3) is 0.636. The fourth-order valence-electron chi connectivity index (χ4n) is 1.87. The van der Waals surface area contributed by atoms with Gasteiger partial charge in [0.15, 0.2) is 0 Å². The summed E-state index contributed by atoms with van der Waals surface area (Å²) < 4.78 is 28.0. The third kappa shape index (κ3) is 4.22. The number of nitrogens with one attached hydrogen (secondary N) is 1. The monoisotopic (exact) mass is 319 g/mol.